The van der Waals surface area contributed by atoms with E-state index in [0.29, 0.717) is 24.3 Å². The van der Waals surface area contributed by atoms with Gasteiger partial charge in [-0.3, -0.25) is 14.4 Å². The van der Waals surface area contributed by atoms with Crippen LogP contribution in [0, 0.1) is 11.8 Å². The fourth-order valence-corrected chi connectivity index (χ4v) is 6.12. The standard InChI is InChI=1S/C30H36O8Si/c1-5-12-36-30(35)27-25-22-15-20(38-17-18-6-8-19(9-7-18)28(32)33)10-11-21(22)23(16-24(25)31)26(27)29(34)37-13-14-39(2,3)4/h6-11,15,23,25-27H,5,12-14,16-17H2,1-4H3,(H,32,33). The molecule has 1 saturated carbocycles. The maximum atomic E-state index is 13.4. The maximum absolute atomic E-state index is 13.4. The van der Waals surface area contributed by atoms with Gasteiger partial charge in [0.25, 0.3) is 0 Å². The van der Waals surface area contributed by atoms with Gasteiger partial charge in [-0.2, -0.15) is 0 Å². The molecule has 0 amide bonds. The Bertz CT molecular complexity index is 1250. The number of carbonyl (C=O) groups is 4. The largest absolute Gasteiger partial charge is 0.489 e. The predicted molar refractivity (Wildman–Crippen MR) is 147 cm³/mol. The molecule has 8 nitrogen and oxygen atoms in total. The zero-order valence-electron chi connectivity index (χ0n) is 22.9. The number of fused-ring (bicyclic) bond motifs is 2. The summed E-state index contributed by atoms with van der Waals surface area (Å²) in [4.78, 5) is 51.0. The minimum absolute atomic E-state index is 0.0847. The van der Waals surface area contributed by atoms with Gasteiger partial charge in [-0.1, -0.05) is 44.8 Å². The second-order valence-electron chi connectivity index (χ2n) is 11.5. The van der Waals surface area contributed by atoms with Crippen LogP contribution in [0.5, 0.6) is 5.75 Å². The number of hydrogen-bond acceptors (Lipinski definition) is 7. The molecule has 0 aromatic heterocycles. The van der Waals surface area contributed by atoms with Crippen molar-refractivity contribution in [2.24, 2.45) is 11.8 Å². The van der Waals surface area contributed by atoms with Crippen molar-refractivity contribution in [1.82, 2.24) is 0 Å². The predicted octanol–water partition coefficient (Wildman–Crippen LogP) is 5.18. The van der Waals surface area contributed by atoms with Gasteiger partial charge >= 0.3 is 17.9 Å². The van der Waals surface area contributed by atoms with Gasteiger partial charge in [0, 0.05) is 20.4 Å². The molecular formula is C30H36O8Si. The molecule has 4 unspecified atom stereocenters. The zero-order chi connectivity index (χ0) is 28.3. The van der Waals surface area contributed by atoms with Crippen molar-refractivity contribution in [1.29, 1.82) is 0 Å². The van der Waals surface area contributed by atoms with E-state index in [2.05, 4.69) is 19.6 Å². The maximum Gasteiger partial charge on any atom is 0.335 e. The summed E-state index contributed by atoms with van der Waals surface area (Å²) in [5.41, 5.74) is 2.54. The molecule has 2 aromatic carbocycles. The Morgan fingerprint density at radius 2 is 1.59 bits per heavy atom. The Hall–Kier alpha value is -3.46. The third kappa shape index (κ3) is 6.41. The lowest BCUT2D eigenvalue weighted by Crippen LogP contribution is -2.50. The minimum atomic E-state index is -1.42. The summed E-state index contributed by atoms with van der Waals surface area (Å²) in [7, 11) is -1.42. The Kier molecular flexibility index (Phi) is 8.59. The summed E-state index contributed by atoms with van der Waals surface area (Å²) >= 11 is 0. The number of Topliss-reactive ketones (excluding diaryl/α,β-unsaturated/α-hetero) is 1. The Morgan fingerprint density at radius 1 is 0.923 bits per heavy atom. The first-order valence-electron chi connectivity index (χ1n) is 13.4. The van der Waals surface area contributed by atoms with Gasteiger partial charge in [0.1, 0.15) is 18.1 Å². The van der Waals surface area contributed by atoms with Crippen LogP contribution in [-0.2, 0) is 30.5 Å². The molecule has 3 aliphatic carbocycles. The molecular weight excluding hydrogens is 516 g/mol. The van der Waals surface area contributed by atoms with Crippen LogP contribution < -0.4 is 4.74 Å². The van der Waals surface area contributed by atoms with Crippen molar-refractivity contribution < 1.29 is 38.5 Å². The second kappa shape index (κ2) is 11.7. The van der Waals surface area contributed by atoms with Crippen molar-refractivity contribution in [3.63, 3.8) is 0 Å². The van der Waals surface area contributed by atoms with Gasteiger partial charge in [-0.15, -0.1) is 0 Å². The normalized spacial score (nSPS) is 21.7. The highest BCUT2D eigenvalue weighted by Crippen LogP contribution is 2.55. The van der Waals surface area contributed by atoms with E-state index in [4.69, 9.17) is 19.3 Å². The van der Waals surface area contributed by atoms with E-state index in [9.17, 15) is 19.2 Å². The lowest BCUT2D eigenvalue weighted by molar-refractivity contribution is -0.167. The minimum Gasteiger partial charge on any atom is -0.489 e. The number of aromatic carboxylic acids is 1. The molecule has 1 fully saturated rings. The van der Waals surface area contributed by atoms with Gasteiger partial charge in [0.15, 0.2) is 0 Å². The molecule has 208 valence electrons. The van der Waals surface area contributed by atoms with Gasteiger partial charge in [0.2, 0.25) is 0 Å². The highest BCUT2D eigenvalue weighted by atomic mass is 28.3. The van der Waals surface area contributed by atoms with Crippen molar-refractivity contribution in [2.75, 3.05) is 13.2 Å². The van der Waals surface area contributed by atoms with Crippen molar-refractivity contribution in [3.05, 3.63) is 64.7 Å². The van der Waals surface area contributed by atoms with Crippen LogP contribution in [0.3, 0.4) is 0 Å². The Labute approximate surface area is 229 Å². The molecule has 1 N–H and O–H groups in total. The monoisotopic (exact) mass is 552 g/mol. The number of ketones is 1. The van der Waals surface area contributed by atoms with E-state index in [0.717, 1.165) is 17.2 Å². The molecule has 0 saturated heterocycles. The number of benzene rings is 2. The second-order valence-corrected chi connectivity index (χ2v) is 17.2. The number of rotatable bonds is 11. The summed E-state index contributed by atoms with van der Waals surface area (Å²) in [6.45, 7) is 9.22. The van der Waals surface area contributed by atoms with Crippen LogP contribution in [0.1, 0.15) is 58.6 Å². The summed E-state index contributed by atoms with van der Waals surface area (Å²) in [5, 5.41) is 9.09. The molecule has 5 rings (SSSR count). The quantitative estimate of drug-likeness (QED) is 0.299. The van der Waals surface area contributed by atoms with Crippen LogP contribution in [0.15, 0.2) is 42.5 Å². The smallest absolute Gasteiger partial charge is 0.335 e. The van der Waals surface area contributed by atoms with Crippen molar-refractivity contribution in [2.45, 2.75) is 63.9 Å². The van der Waals surface area contributed by atoms with E-state index in [1.54, 1.807) is 24.3 Å². The molecule has 0 heterocycles. The number of esters is 2. The SMILES string of the molecule is CCCOC(=O)C1C2C(=O)CC(c3ccc(OCc4ccc(C(=O)O)cc4)cc32)C1C(=O)OCC[Si](C)(C)C. The van der Waals surface area contributed by atoms with Crippen LogP contribution in [-0.4, -0.2) is 50.1 Å². The van der Waals surface area contributed by atoms with Crippen LogP contribution in [0.2, 0.25) is 25.7 Å². The molecule has 2 bridgehead atoms. The van der Waals surface area contributed by atoms with Crippen molar-refractivity contribution in [3.8, 4) is 5.75 Å². The molecule has 0 aliphatic heterocycles. The average Bonchev–Trinajstić information content (AvgIpc) is 2.89. The van der Waals surface area contributed by atoms with E-state index < -0.39 is 49.7 Å². The number of carboxylic acids is 1. The van der Waals surface area contributed by atoms with E-state index in [-0.39, 0.29) is 31.0 Å². The van der Waals surface area contributed by atoms with E-state index in [1.165, 1.54) is 12.1 Å². The summed E-state index contributed by atoms with van der Waals surface area (Å²) in [6.07, 6.45) is 0.812. The van der Waals surface area contributed by atoms with Crippen LogP contribution in [0.4, 0.5) is 0 Å². The first-order chi connectivity index (χ1) is 18.5. The molecule has 39 heavy (non-hydrogen) atoms. The highest BCUT2D eigenvalue weighted by molar-refractivity contribution is 6.76. The Morgan fingerprint density at radius 3 is 2.23 bits per heavy atom. The lowest BCUT2D eigenvalue weighted by Gasteiger charge is -2.46. The molecule has 9 heteroatoms. The molecule has 0 radical (unpaired) electrons. The topological polar surface area (TPSA) is 116 Å². The average molecular weight is 553 g/mol. The molecule has 3 aliphatic rings. The molecule has 2 aromatic rings. The molecule has 0 spiro atoms. The first kappa shape index (κ1) is 28.5. The summed E-state index contributed by atoms with van der Waals surface area (Å²) < 4.78 is 17.1. The fraction of sp³-hybridized carbons (Fsp3) is 0.467. The van der Waals surface area contributed by atoms with Crippen molar-refractivity contribution >= 4 is 31.8 Å². The number of hydrogen-bond donors (Lipinski definition) is 1. The van der Waals surface area contributed by atoms with Gasteiger partial charge in [0.05, 0.1) is 36.5 Å². The van der Waals surface area contributed by atoms with Crippen LogP contribution >= 0.6 is 0 Å². The zero-order valence-corrected chi connectivity index (χ0v) is 23.9. The van der Waals surface area contributed by atoms with E-state index >= 15 is 0 Å². The number of carboxylic acid groups (broad SMARTS) is 1. The third-order valence-electron chi connectivity index (χ3n) is 7.44. The number of carbonyl (C=O) groups excluding carboxylic acids is 3. The van der Waals surface area contributed by atoms with E-state index in [1.807, 2.05) is 13.0 Å². The first-order valence-corrected chi connectivity index (χ1v) is 17.2. The van der Waals surface area contributed by atoms with Gasteiger partial charge < -0.3 is 19.3 Å². The van der Waals surface area contributed by atoms with Gasteiger partial charge in [-0.25, -0.2) is 4.79 Å². The number of ether oxygens (including phenoxy) is 3. The summed E-state index contributed by atoms with van der Waals surface area (Å²) in [6, 6.07) is 12.7. The molecule has 4 atom stereocenters. The van der Waals surface area contributed by atoms with Gasteiger partial charge in [-0.05, 0) is 53.4 Å². The third-order valence-corrected chi connectivity index (χ3v) is 9.14. The van der Waals surface area contributed by atoms with Crippen LogP contribution in [0.25, 0.3) is 0 Å². The Balaban J connectivity index is 1.59. The lowest BCUT2D eigenvalue weighted by atomic mass is 9.55. The summed E-state index contributed by atoms with van der Waals surface area (Å²) in [5.74, 6) is -4.52. The fourth-order valence-electron chi connectivity index (χ4n) is 5.41. The highest BCUT2D eigenvalue weighted by Gasteiger charge is 2.57.